The Kier molecular flexibility index (Phi) is 6.75. The fourth-order valence-corrected chi connectivity index (χ4v) is 4.49. The van der Waals surface area contributed by atoms with Gasteiger partial charge in [-0.1, -0.05) is 0 Å². The van der Waals surface area contributed by atoms with Crippen LogP contribution >= 0.6 is 0 Å². The summed E-state index contributed by atoms with van der Waals surface area (Å²) >= 11 is 0. The van der Waals surface area contributed by atoms with Gasteiger partial charge in [-0.15, -0.1) is 0 Å². The number of sulfonamides is 1. The Labute approximate surface area is 207 Å². The lowest BCUT2D eigenvalue weighted by Crippen LogP contribution is -2.30. The molecule has 0 radical (unpaired) electrons. The van der Waals surface area contributed by atoms with Crippen LogP contribution < -0.4 is 20.4 Å². The number of ether oxygens (including phenoxy) is 1. The van der Waals surface area contributed by atoms with Crippen molar-refractivity contribution in [3.63, 3.8) is 0 Å². The van der Waals surface area contributed by atoms with E-state index in [0.717, 1.165) is 10.9 Å². The van der Waals surface area contributed by atoms with Crippen LogP contribution in [0.25, 0.3) is 11.0 Å². The van der Waals surface area contributed by atoms with Crippen LogP contribution in [0.5, 0.6) is 5.75 Å². The molecule has 2 aromatic carbocycles. The van der Waals surface area contributed by atoms with E-state index in [9.17, 15) is 18.0 Å². The number of anilines is 2. The molecule has 186 valence electrons. The number of fused-ring (bicyclic) bond motifs is 1. The molecule has 0 saturated carbocycles. The highest BCUT2D eigenvalue weighted by molar-refractivity contribution is 7.92. The van der Waals surface area contributed by atoms with Gasteiger partial charge in [0.15, 0.2) is 6.10 Å². The number of aryl methyl sites for hydroxylation is 3. The van der Waals surface area contributed by atoms with E-state index in [4.69, 9.17) is 9.15 Å². The molecule has 2 N–H and O–H groups in total. The number of amides is 1. The Morgan fingerprint density at radius 2 is 1.64 bits per heavy atom. The Hall–Kier alpha value is -4.25. The average molecular weight is 509 g/mol. The summed E-state index contributed by atoms with van der Waals surface area (Å²) in [5.41, 5.74) is 2.33. The zero-order valence-corrected chi connectivity index (χ0v) is 20.8. The first-order chi connectivity index (χ1) is 17.0. The van der Waals surface area contributed by atoms with E-state index in [1.165, 1.54) is 30.3 Å². The first-order valence-corrected chi connectivity index (χ1v) is 12.5. The highest BCUT2D eigenvalue weighted by atomic mass is 32.2. The summed E-state index contributed by atoms with van der Waals surface area (Å²) in [5, 5.41) is 3.45. The number of nitrogens with zero attached hydrogens (tertiary/aromatic N) is 2. The van der Waals surface area contributed by atoms with Crippen molar-refractivity contribution in [3.05, 3.63) is 82.0 Å². The standard InChI is InChI=1S/C25H24N4O6S/c1-14-11-23(30)35-22-13-19(7-10-21(14)22)34-17(4)24(31)28-18-5-8-20(9-6-18)36(32,33)29-25-26-15(2)12-16(3)27-25/h5-13,17H,1-4H3,(H,28,31)(H,26,27,29). The first kappa shape index (κ1) is 24.9. The van der Waals surface area contributed by atoms with Crippen LogP contribution in [-0.2, 0) is 14.8 Å². The highest BCUT2D eigenvalue weighted by Crippen LogP contribution is 2.23. The van der Waals surface area contributed by atoms with Crippen molar-refractivity contribution in [2.45, 2.75) is 38.7 Å². The Balaban J connectivity index is 1.42. The van der Waals surface area contributed by atoms with E-state index in [1.54, 1.807) is 52.0 Å². The maximum absolute atomic E-state index is 12.7. The van der Waals surface area contributed by atoms with Gasteiger partial charge < -0.3 is 14.5 Å². The summed E-state index contributed by atoms with van der Waals surface area (Å²) in [7, 11) is -3.92. The molecule has 4 rings (SSSR count). The van der Waals surface area contributed by atoms with Crippen molar-refractivity contribution in [1.29, 1.82) is 0 Å². The average Bonchev–Trinajstić information content (AvgIpc) is 2.78. The molecule has 11 heteroatoms. The number of hydrogen-bond donors (Lipinski definition) is 2. The van der Waals surface area contributed by atoms with E-state index in [1.807, 2.05) is 0 Å². The van der Waals surface area contributed by atoms with Crippen LogP contribution in [0.1, 0.15) is 23.9 Å². The van der Waals surface area contributed by atoms with E-state index >= 15 is 0 Å². The van der Waals surface area contributed by atoms with E-state index in [2.05, 4.69) is 20.0 Å². The molecule has 10 nitrogen and oxygen atoms in total. The van der Waals surface area contributed by atoms with Gasteiger partial charge in [0.25, 0.3) is 15.9 Å². The number of carbonyl (C=O) groups is 1. The molecule has 0 fully saturated rings. The van der Waals surface area contributed by atoms with Gasteiger partial charge in [-0.25, -0.2) is 27.9 Å². The monoisotopic (exact) mass is 508 g/mol. The molecular formula is C25H24N4O6S. The van der Waals surface area contributed by atoms with Crippen LogP contribution in [0.4, 0.5) is 11.6 Å². The molecule has 1 amide bonds. The Morgan fingerprint density at radius 1 is 0.972 bits per heavy atom. The minimum Gasteiger partial charge on any atom is -0.481 e. The van der Waals surface area contributed by atoms with Gasteiger partial charge in [0.05, 0.1) is 4.90 Å². The van der Waals surface area contributed by atoms with Gasteiger partial charge >= 0.3 is 5.63 Å². The highest BCUT2D eigenvalue weighted by Gasteiger charge is 2.18. The van der Waals surface area contributed by atoms with E-state index in [0.29, 0.717) is 28.4 Å². The van der Waals surface area contributed by atoms with Gasteiger partial charge in [-0.05, 0) is 75.7 Å². The lowest BCUT2D eigenvalue weighted by atomic mass is 10.1. The number of hydrogen-bond acceptors (Lipinski definition) is 8. The first-order valence-electron chi connectivity index (χ1n) is 11.0. The third-order valence-electron chi connectivity index (χ3n) is 5.25. The maximum Gasteiger partial charge on any atom is 0.336 e. The quantitative estimate of drug-likeness (QED) is 0.360. The molecule has 0 spiro atoms. The summed E-state index contributed by atoms with van der Waals surface area (Å²) in [6.07, 6.45) is -0.884. The molecule has 0 aliphatic heterocycles. The molecule has 2 aromatic heterocycles. The van der Waals surface area contributed by atoms with E-state index < -0.39 is 27.7 Å². The number of aromatic nitrogens is 2. The molecule has 0 aliphatic rings. The molecule has 1 unspecified atom stereocenters. The molecule has 36 heavy (non-hydrogen) atoms. The van der Waals surface area contributed by atoms with Crippen molar-refractivity contribution in [3.8, 4) is 5.75 Å². The van der Waals surface area contributed by atoms with Gasteiger partial charge in [-0.2, -0.15) is 0 Å². The zero-order chi connectivity index (χ0) is 26.0. The molecule has 1 atom stereocenters. The molecule has 2 heterocycles. The summed E-state index contributed by atoms with van der Waals surface area (Å²) in [6, 6.07) is 13.8. The van der Waals surface area contributed by atoms with Crippen LogP contribution in [0.3, 0.4) is 0 Å². The van der Waals surface area contributed by atoms with Crippen molar-refractivity contribution in [2.75, 3.05) is 10.0 Å². The molecule has 0 bridgehead atoms. The second-order valence-corrected chi connectivity index (χ2v) is 9.94. The normalized spacial score (nSPS) is 12.2. The maximum atomic E-state index is 12.7. The zero-order valence-electron chi connectivity index (χ0n) is 20.0. The number of nitrogens with one attached hydrogen (secondary N) is 2. The number of rotatable bonds is 7. The number of benzene rings is 2. The summed E-state index contributed by atoms with van der Waals surface area (Å²) in [6.45, 7) is 6.86. The van der Waals surface area contributed by atoms with Gasteiger partial charge in [0.1, 0.15) is 11.3 Å². The van der Waals surface area contributed by atoms with Crippen LogP contribution in [0.2, 0.25) is 0 Å². The minimum atomic E-state index is -3.92. The van der Waals surface area contributed by atoms with Crippen molar-refractivity contribution in [2.24, 2.45) is 0 Å². The lowest BCUT2D eigenvalue weighted by molar-refractivity contribution is -0.122. The Morgan fingerprint density at radius 3 is 2.31 bits per heavy atom. The van der Waals surface area contributed by atoms with Crippen molar-refractivity contribution in [1.82, 2.24) is 9.97 Å². The topological polar surface area (TPSA) is 140 Å². The van der Waals surface area contributed by atoms with Crippen LogP contribution in [-0.4, -0.2) is 30.4 Å². The van der Waals surface area contributed by atoms with Gasteiger partial charge in [-0.3, -0.25) is 4.79 Å². The summed E-state index contributed by atoms with van der Waals surface area (Å²) in [5.74, 6) is -0.0999. The van der Waals surface area contributed by atoms with Crippen molar-refractivity contribution >= 4 is 38.5 Å². The lowest BCUT2D eigenvalue weighted by Gasteiger charge is -2.15. The molecule has 0 saturated heterocycles. The second kappa shape index (κ2) is 9.78. The van der Waals surface area contributed by atoms with Gasteiger partial charge in [0.2, 0.25) is 5.95 Å². The molecule has 0 aliphatic carbocycles. The SMILES string of the molecule is Cc1cc(C)nc(NS(=O)(=O)c2ccc(NC(=O)C(C)Oc3ccc4c(C)cc(=O)oc4c3)cc2)n1. The Bertz CT molecular complexity index is 1590. The van der Waals surface area contributed by atoms with Crippen LogP contribution in [0.15, 0.2) is 68.7 Å². The molecular weight excluding hydrogens is 484 g/mol. The van der Waals surface area contributed by atoms with Crippen molar-refractivity contribution < 1.29 is 22.4 Å². The van der Waals surface area contributed by atoms with E-state index in [-0.39, 0.29) is 10.8 Å². The minimum absolute atomic E-state index is 0.0134. The summed E-state index contributed by atoms with van der Waals surface area (Å²) < 4.78 is 38.6. The predicted octanol–water partition coefficient (Wildman–Crippen LogP) is 3.72. The molecule has 4 aromatic rings. The van der Waals surface area contributed by atoms with Gasteiger partial charge in [0, 0.05) is 34.6 Å². The third-order valence-corrected chi connectivity index (χ3v) is 6.59. The fraction of sp³-hybridized carbons (Fsp3) is 0.200. The predicted molar refractivity (Wildman–Crippen MR) is 135 cm³/mol. The third kappa shape index (κ3) is 5.69. The number of carbonyl (C=O) groups excluding carboxylic acids is 1. The smallest absolute Gasteiger partial charge is 0.336 e. The summed E-state index contributed by atoms with van der Waals surface area (Å²) in [4.78, 5) is 32.4. The largest absolute Gasteiger partial charge is 0.481 e. The fourth-order valence-electron chi connectivity index (χ4n) is 3.55. The van der Waals surface area contributed by atoms with Crippen LogP contribution in [0, 0.1) is 20.8 Å². The second-order valence-electron chi connectivity index (χ2n) is 8.26.